The van der Waals surface area contributed by atoms with Gasteiger partial charge in [0.1, 0.15) is 5.82 Å². The maximum Gasteiger partial charge on any atom is 0.339 e. The Kier molecular flexibility index (Phi) is 5.80. The summed E-state index contributed by atoms with van der Waals surface area (Å²) in [5, 5.41) is 8.66. The van der Waals surface area contributed by atoms with Crippen LogP contribution in [0.1, 0.15) is 37.6 Å². The molecule has 0 saturated carbocycles. The fraction of sp³-hybridized carbons (Fsp3) is 0.500. The van der Waals surface area contributed by atoms with E-state index in [0.717, 1.165) is 5.82 Å². The standard InChI is InChI=1S/C14H19N3O2/c1-4-19-14(18)12-6-7-13(16-10-12)17(11(2)3)9-5-8-15/h6-7,10-11H,4-5,9H2,1-3H3. The van der Waals surface area contributed by atoms with Crippen LogP contribution < -0.4 is 4.90 Å². The lowest BCUT2D eigenvalue weighted by atomic mass is 10.2. The molecule has 0 unspecified atom stereocenters. The minimum absolute atomic E-state index is 0.245. The van der Waals surface area contributed by atoms with Crippen LogP contribution >= 0.6 is 0 Å². The van der Waals surface area contributed by atoms with Gasteiger partial charge in [0.05, 0.1) is 24.7 Å². The van der Waals surface area contributed by atoms with E-state index in [4.69, 9.17) is 10.00 Å². The molecule has 1 aromatic rings. The first-order valence-electron chi connectivity index (χ1n) is 6.37. The van der Waals surface area contributed by atoms with E-state index in [0.29, 0.717) is 25.1 Å². The number of nitriles is 1. The largest absolute Gasteiger partial charge is 0.462 e. The number of anilines is 1. The Hall–Kier alpha value is -2.09. The summed E-state index contributed by atoms with van der Waals surface area (Å²) >= 11 is 0. The van der Waals surface area contributed by atoms with Crippen LogP contribution in [-0.2, 0) is 4.74 Å². The number of carbonyl (C=O) groups is 1. The first-order chi connectivity index (χ1) is 9.10. The SMILES string of the molecule is CCOC(=O)c1ccc(N(CCC#N)C(C)C)nc1. The molecule has 0 spiro atoms. The molecule has 0 saturated heterocycles. The predicted octanol–water partition coefficient (Wildman–Crippen LogP) is 2.39. The minimum Gasteiger partial charge on any atom is -0.462 e. The fourth-order valence-electron chi connectivity index (χ4n) is 1.70. The van der Waals surface area contributed by atoms with Crippen LogP contribution in [0.4, 0.5) is 5.82 Å². The highest BCUT2D eigenvalue weighted by Crippen LogP contribution is 2.15. The third kappa shape index (κ3) is 4.25. The van der Waals surface area contributed by atoms with Gasteiger partial charge in [0, 0.05) is 18.8 Å². The maximum absolute atomic E-state index is 11.5. The van der Waals surface area contributed by atoms with Gasteiger partial charge in [-0.25, -0.2) is 9.78 Å². The molecular weight excluding hydrogens is 242 g/mol. The van der Waals surface area contributed by atoms with Crippen molar-refractivity contribution >= 4 is 11.8 Å². The molecule has 0 radical (unpaired) electrons. The van der Waals surface area contributed by atoms with Gasteiger partial charge < -0.3 is 9.64 Å². The first-order valence-corrected chi connectivity index (χ1v) is 6.37. The van der Waals surface area contributed by atoms with Crippen molar-refractivity contribution in [3.63, 3.8) is 0 Å². The molecule has 0 aliphatic heterocycles. The average Bonchev–Trinajstić information content (AvgIpc) is 2.40. The monoisotopic (exact) mass is 261 g/mol. The number of pyridine rings is 1. The van der Waals surface area contributed by atoms with Crippen LogP contribution in [-0.4, -0.2) is 30.1 Å². The third-order valence-electron chi connectivity index (χ3n) is 2.64. The normalized spacial score (nSPS) is 10.1. The van der Waals surface area contributed by atoms with Crippen molar-refractivity contribution in [1.29, 1.82) is 5.26 Å². The Morgan fingerprint density at radius 2 is 2.26 bits per heavy atom. The van der Waals surface area contributed by atoms with Gasteiger partial charge in [-0.1, -0.05) is 0 Å². The van der Waals surface area contributed by atoms with E-state index in [-0.39, 0.29) is 12.0 Å². The van der Waals surface area contributed by atoms with E-state index >= 15 is 0 Å². The van der Waals surface area contributed by atoms with Gasteiger partial charge in [0.25, 0.3) is 0 Å². The Bertz CT molecular complexity index is 449. The zero-order chi connectivity index (χ0) is 14.3. The molecule has 0 aliphatic carbocycles. The summed E-state index contributed by atoms with van der Waals surface area (Å²) in [7, 11) is 0. The Morgan fingerprint density at radius 1 is 1.53 bits per heavy atom. The van der Waals surface area contributed by atoms with Crippen molar-refractivity contribution in [2.24, 2.45) is 0 Å². The number of ether oxygens (including phenoxy) is 1. The first kappa shape index (κ1) is 15.0. The van der Waals surface area contributed by atoms with E-state index in [9.17, 15) is 4.79 Å². The lowest BCUT2D eigenvalue weighted by molar-refractivity contribution is 0.0526. The lowest BCUT2D eigenvalue weighted by Crippen LogP contribution is -2.32. The quantitative estimate of drug-likeness (QED) is 0.735. The maximum atomic E-state index is 11.5. The van der Waals surface area contributed by atoms with Crippen molar-refractivity contribution in [2.75, 3.05) is 18.1 Å². The summed E-state index contributed by atoms with van der Waals surface area (Å²) in [4.78, 5) is 17.8. The second kappa shape index (κ2) is 7.37. The van der Waals surface area contributed by atoms with Gasteiger partial charge in [-0.3, -0.25) is 0 Å². The summed E-state index contributed by atoms with van der Waals surface area (Å²) in [6.45, 7) is 6.82. The highest BCUT2D eigenvalue weighted by molar-refractivity contribution is 5.89. The summed E-state index contributed by atoms with van der Waals surface area (Å²) < 4.78 is 4.91. The second-order valence-electron chi connectivity index (χ2n) is 4.32. The molecule has 0 aromatic carbocycles. The molecule has 5 nitrogen and oxygen atoms in total. The molecule has 1 rings (SSSR count). The molecule has 0 bridgehead atoms. The van der Waals surface area contributed by atoms with Crippen LogP contribution in [0.3, 0.4) is 0 Å². The molecule has 5 heteroatoms. The van der Waals surface area contributed by atoms with E-state index in [1.54, 1.807) is 19.1 Å². The molecule has 1 aromatic heterocycles. The van der Waals surface area contributed by atoms with Gasteiger partial charge in [-0.2, -0.15) is 5.26 Å². The van der Waals surface area contributed by atoms with E-state index in [1.165, 1.54) is 6.20 Å². The van der Waals surface area contributed by atoms with Gasteiger partial charge in [-0.05, 0) is 32.9 Å². The van der Waals surface area contributed by atoms with Crippen LogP contribution in [0.2, 0.25) is 0 Å². The number of carbonyl (C=O) groups excluding carboxylic acids is 1. The average molecular weight is 261 g/mol. The van der Waals surface area contributed by atoms with Crippen LogP contribution in [0.5, 0.6) is 0 Å². The van der Waals surface area contributed by atoms with Gasteiger partial charge in [0.2, 0.25) is 0 Å². The third-order valence-corrected chi connectivity index (χ3v) is 2.64. The molecular formula is C14H19N3O2. The van der Waals surface area contributed by atoms with Crippen molar-refractivity contribution in [2.45, 2.75) is 33.2 Å². The Labute approximate surface area is 113 Å². The number of nitrogens with zero attached hydrogens (tertiary/aromatic N) is 3. The summed E-state index contributed by atoms with van der Waals surface area (Å²) in [6, 6.07) is 5.85. The molecule has 19 heavy (non-hydrogen) atoms. The highest BCUT2D eigenvalue weighted by Gasteiger charge is 2.13. The highest BCUT2D eigenvalue weighted by atomic mass is 16.5. The van der Waals surface area contributed by atoms with Crippen molar-refractivity contribution in [3.8, 4) is 6.07 Å². The zero-order valence-electron chi connectivity index (χ0n) is 11.6. The van der Waals surface area contributed by atoms with Gasteiger partial charge in [0.15, 0.2) is 0 Å². The van der Waals surface area contributed by atoms with Gasteiger partial charge in [-0.15, -0.1) is 0 Å². The molecule has 0 atom stereocenters. The number of hydrogen-bond donors (Lipinski definition) is 0. The van der Waals surface area contributed by atoms with Crippen LogP contribution in [0.25, 0.3) is 0 Å². The van der Waals surface area contributed by atoms with Crippen molar-refractivity contribution in [1.82, 2.24) is 4.98 Å². The van der Waals surface area contributed by atoms with Crippen molar-refractivity contribution < 1.29 is 9.53 Å². The topological polar surface area (TPSA) is 66.2 Å². The fourth-order valence-corrected chi connectivity index (χ4v) is 1.70. The predicted molar refractivity (Wildman–Crippen MR) is 72.9 cm³/mol. The summed E-state index contributed by atoms with van der Waals surface area (Å²) in [5.74, 6) is 0.396. The second-order valence-corrected chi connectivity index (χ2v) is 4.32. The number of rotatable bonds is 6. The lowest BCUT2D eigenvalue weighted by Gasteiger charge is -2.26. The summed E-state index contributed by atoms with van der Waals surface area (Å²) in [6.07, 6.45) is 1.95. The van der Waals surface area contributed by atoms with E-state index in [2.05, 4.69) is 11.1 Å². The molecule has 0 N–H and O–H groups in total. The molecule has 0 aliphatic rings. The van der Waals surface area contributed by atoms with E-state index in [1.807, 2.05) is 18.7 Å². The molecule has 102 valence electrons. The number of aromatic nitrogens is 1. The molecule has 0 amide bonds. The Morgan fingerprint density at radius 3 is 2.74 bits per heavy atom. The van der Waals surface area contributed by atoms with Crippen LogP contribution in [0.15, 0.2) is 18.3 Å². The summed E-state index contributed by atoms with van der Waals surface area (Å²) in [5.41, 5.74) is 0.439. The molecule has 0 fully saturated rings. The number of hydrogen-bond acceptors (Lipinski definition) is 5. The van der Waals surface area contributed by atoms with E-state index < -0.39 is 0 Å². The van der Waals surface area contributed by atoms with Crippen molar-refractivity contribution in [3.05, 3.63) is 23.9 Å². The zero-order valence-corrected chi connectivity index (χ0v) is 11.6. The molecule has 1 heterocycles. The number of esters is 1. The smallest absolute Gasteiger partial charge is 0.339 e. The van der Waals surface area contributed by atoms with Crippen LogP contribution in [0, 0.1) is 11.3 Å². The van der Waals surface area contributed by atoms with Gasteiger partial charge >= 0.3 is 5.97 Å². The Balaban J connectivity index is 2.83. The minimum atomic E-state index is -0.366.